The minimum Gasteiger partial charge on any atom is -0.369 e. The van der Waals surface area contributed by atoms with E-state index in [2.05, 4.69) is 200 Å². The maximum absolute atomic E-state index is 7.27. The Morgan fingerprint density at radius 2 is 1.13 bits per heavy atom. The zero-order chi connectivity index (χ0) is 35.4. The van der Waals surface area contributed by atoms with Crippen LogP contribution in [0.2, 0.25) is 0 Å². The Bertz CT molecular complexity index is 2570. The lowest BCUT2D eigenvalue weighted by atomic mass is 9.67. The zero-order valence-corrected chi connectivity index (χ0v) is 29.7. The Kier molecular flexibility index (Phi) is 7.55. The van der Waals surface area contributed by atoms with E-state index in [4.69, 9.17) is 10.7 Å². The normalized spacial score (nSPS) is 13.9. The molecule has 7 aromatic carbocycles. The van der Waals surface area contributed by atoms with Crippen LogP contribution in [0.25, 0.3) is 32.9 Å². The molecule has 52 heavy (non-hydrogen) atoms. The van der Waals surface area contributed by atoms with Gasteiger partial charge in [0.2, 0.25) is 5.96 Å². The number of nitrogens with zero attached hydrogens (tertiary/aromatic N) is 3. The number of nitrogens with two attached hydrogens (primary N) is 1. The molecule has 1 atom stereocenters. The third kappa shape index (κ3) is 4.86. The molecule has 8 aromatic rings. The summed E-state index contributed by atoms with van der Waals surface area (Å²) < 4.78 is 2.16. The Hall–Kier alpha value is -6.39. The van der Waals surface area contributed by atoms with Gasteiger partial charge >= 0.3 is 0 Å². The highest BCUT2D eigenvalue weighted by molar-refractivity contribution is 6.14. The second kappa shape index (κ2) is 12.4. The van der Waals surface area contributed by atoms with Crippen LogP contribution in [0.4, 0.5) is 5.69 Å². The molecule has 0 spiro atoms. The lowest BCUT2D eigenvalue weighted by Crippen LogP contribution is -2.30. The summed E-state index contributed by atoms with van der Waals surface area (Å²) >= 11 is 0. The molecule has 0 aliphatic heterocycles. The molecule has 0 saturated carbocycles. The minimum absolute atomic E-state index is 0.355. The summed E-state index contributed by atoms with van der Waals surface area (Å²) in [5.41, 5.74) is 20.9. The molecule has 1 heterocycles. The van der Waals surface area contributed by atoms with Gasteiger partial charge in [-0.3, -0.25) is 4.57 Å². The number of aliphatic imine (C=N–C) groups is 1. The number of hydrogen-bond donors (Lipinski definition) is 1. The molecule has 0 fully saturated rings. The number of aryl methyl sites for hydroxylation is 2. The van der Waals surface area contributed by atoms with E-state index >= 15 is 0 Å². The van der Waals surface area contributed by atoms with Gasteiger partial charge in [-0.1, -0.05) is 157 Å². The topological polar surface area (TPSA) is 46.5 Å². The second-order valence-corrected chi connectivity index (χ2v) is 14.0. The van der Waals surface area contributed by atoms with Crippen LogP contribution in [0.5, 0.6) is 0 Å². The number of benzene rings is 7. The molecule has 1 aromatic heterocycles. The molecule has 2 N–H and O–H groups in total. The lowest BCUT2D eigenvalue weighted by Gasteiger charge is -2.34. The highest BCUT2D eigenvalue weighted by Gasteiger charge is 2.46. The molecular formula is C48H40N4. The SMILES string of the molecule is Cc1ccc(C(N=C(N)n2c3ccccc3c3ccc(C4(c5ccccc5)c5ccccc5-c5ccccc54)cc32)N(C)c2ccc(C)cc2)cc1. The smallest absolute Gasteiger partial charge is 0.203 e. The van der Waals surface area contributed by atoms with Crippen molar-refractivity contribution >= 4 is 33.5 Å². The van der Waals surface area contributed by atoms with Crippen molar-refractivity contribution in [3.63, 3.8) is 0 Å². The van der Waals surface area contributed by atoms with Crippen LogP contribution in [0.1, 0.15) is 45.1 Å². The van der Waals surface area contributed by atoms with Gasteiger partial charge in [-0.15, -0.1) is 0 Å². The number of fused-ring (bicyclic) bond motifs is 6. The van der Waals surface area contributed by atoms with Crippen molar-refractivity contribution in [2.45, 2.75) is 25.4 Å². The Morgan fingerprint density at radius 3 is 1.81 bits per heavy atom. The van der Waals surface area contributed by atoms with Crippen LogP contribution in [0.15, 0.2) is 175 Å². The first kappa shape index (κ1) is 31.6. The molecule has 252 valence electrons. The van der Waals surface area contributed by atoms with Crippen molar-refractivity contribution in [1.82, 2.24) is 4.57 Å². The van der Waals surface area contributed by atoms with E-state index in [1.807, 2.05) is 0 Å². The first-order valence-electron chi connectivity index (χ1n) is 17.9. The van der Waals surface area contributed by atoms with E-state index in [0.29, 0.717) is 5.96 Å². The molecule has 1 aliphatic carbocycles. The Balaban J connectivity index is 1.30. The summed E-state index contributed by atoms with van der Waals surface area (Å²) in [5.74, 6) is 0.439. The monoisotopic (exact) mass is 672 g/mol. The van der Waals surface area contributed by atoms with Crippen molar-refractivity contribution in [2.24, 2.45) is 10.7 Å². The zero-order valence-electron chi connectivity index (χ0n) is 29.7. The van der Waals surface area contributed by atoms with Gasteiger partial charge < -0.3 is 10.6 Å². The van der Waals surface area contributed by atoms with Crippen molar-refractivity contribution in [2.75, 3.05) is 11.9 Å². The van der Waals surface area contributed by atoms with E-state index in [1.165, 1.54) is 44.5 Å². The van der Waals surface area contributed by atoms with Gasteiger partial charge in [0.15, 0.2) is 6.17 Å². The first-order chi connectivity index (χ1) is 25.4. The second-order valence-electron chi connectivity index (χ2n) is 14.0. The van der Waals surface area contributed by atoms with Crippen LogP contribution < -0.4 is 10.6 Å². The summed E-state index contributed by atoms with van der Waals surface area (Å²) in [6.07, 6.45) is -0.355. The molecule has 1 unspecified atom stereocenters. The molecular weight excluding hydrogens is 633 g/mol. The fourth-order valence-corrected chi connectivity index (χ4v) is 8.39. The number of hydrogen-bond acceptors (Lipinski definition) is 2. The molecule has 0 saturated heterocycles. The maximum atomic E-state index is 7.27. The van der Waals surface area contributed by atoms with Crippen LogP contribution in [-0.2, 0) is 5.41 Å². The van der Waals surface area contributed by atoms with Gasteiger partial charge in [-0.25, -0.2) is 4.99 Å². The summed E-state index contributed by atoms with van der Waals surface area (Å²) in [6, 6.07) is 61.3. The molecule has 0 bridgehead atoms. The van der Waals surface area contributed by atoms with E-state index in [0.717, 1.165) is 33.1 Å². The predicted octanol–water partition coefficient (Wildman–Crippen LogP) is 10.8. The summed E-state index contributed by atoms with van der Waals surface area (Å²) in [6.45, 7) is 4.22. The van der Waals surface area contributed by atoms with Crippen molar-refractivity contribution in [1.29, 1.82) is 0 Å². The van der Waals surface area contributed by atoms with Gasteiger partial charge in [0.25, 0.3) is 0 Å². The molecule has 9 rings (SSSR count). The highest BCUT2D eigenvalue weighted by Crippen LogP contribution is 2.56. The number of rotatable bonds is 6. The van der Waals surface area contributed by atoms with Crippen LogP contribution >= 0.6 is 0 Å². The van der Waals surface area contributed by atoms with Gasteiger partial charge in [0, 0.05) is 23.5 Å². The number of aromatic nitrogens is 1. The van der Waals surface area contributed by atoms with Crippen molar-refractivity contribution in [3.8, 4) is 11.1 Å². The minimum atomic E-state index is -0.522. The van der Waals surface area contributed by atoms with Gasteiger partial charge in [0.1, 0.15) is 0 Å². The largest absolute Gasteiger partial charge is 0.369 e. The molecule has 4 heteroatoms. The standard InChI is InChI=1S/C48H40N4/c1-32-21-25-34(26-22-32)46(51(3)37-28-23-33(2)24-29-37)50-47(49)52-44-20-12-9-17-40(44)41-30-27-36(31-45(41)52)48(35-13-5-4-6-14-35)42-18-10-7-15-38(42)39-16-8-11-19-43(39)48/h4-31,46H,1-3H3,(H2,49,50). The van der Waals surface area contributed by atoms with E-state index < -0.39 is 5.41 Å². The van der Waals surface area contributed by atoms with Crippen molar-refractivity contribution in [3.05, 3.63) is 209 Å². The third-order valence-electron chi connectivity index (χ3n) is 10.9. The summed E-state index contributed by atoms with van der Waals surface area (Å²) in [4.78, 5) is 7.58. The lowest BCUT2D eigenvalue weighted by molar-refractivity contribution is 0.702. The maximum Gasteiger partial charge on any atom is 0.203 e. The average Bonchev–Trinajstić information content (AvgIpc) is 3.68. The van der Waals surface area contributed by atoms with Gasteiger partial charge in [-0.05, 0) is 77.1 Å². The fraction of sp³-hybridized carbons (Fsp3) is 0.104. The molecule has 4 nitrogen and oxygen atoms in total. The number of para-hydroxylation sites is 1. The Labute approximate surface area is 305 Å². The van der Waals surface area contributed by atoms with E-state index in [1.54, 1.807) is 0 Å². The Morgan fingerprint density at radius 1 is 0.577 bits per heavy atom. The molecule has 1 aliphatic rings. The van der Waals surface area contributed by atoms with Crippen LogP contribution in [-0.4, -0.2) is 17.6 Å². The van der Waals surface area contributed by atoms with E-state index in [9.17, 15) is 0 Å². The van der Waals surface area contributed by atoms with E-state index in [-0.39, 0.29) is 6.17 Å². The summed E-state index contributed by atoms with van der Waals surface area (Å²) in [5, 5.41) is 2.28. The van der Waals surface area contributed by atoms with Crippen molar-refractivity contribution < 1.29 is 0 Å². The van der Waals surface area contributed by atoms with Gasteiger partial charge in [0.05, 0.1) is 16.4 Å². The third-order valence-corrected chi connectivity index (χ3v) is 10.9. The average molecular weight is 673 g/mol. The summed E-state index contributed by atoms with van der Waals surface area (Å²) in [7, 11) is 2.09. The first-order valence-corrected chi connectivity index (χ1v) is 17.9. The quantitative estimate of drug-likeness (QED) is 0.141. The van der Waals surface area contributed by atoms with Crippen LogP contribution in [0, 0.1) is 13.8 Å². The van der Waals surface area contributed by atoms with Gasteiger partial charge in [-0.2, -0.15) is 0 Å². The number of anilines is 1. The fourth-order valence-electron chi connectivity index (χ4n) is 8.39. The molecule has 0 radical (unpaired) electrons. The highest BCUT2D eigenvalue weighted by atomic mass is 15.3. The predicted molar refractivity (Wildman–Crippen MR) is 217 cm³/mol. The molecule has 0 amide bonds. The van der Waals surface area contributed by atoms with Crippen LogP contribution in [0.3, 0.4) is 0 Å².